The van der Waals surface area contributed by atoms with Gasteiger partial charge >= 0.3 is 0 Å². The van der Waals surface area contributed by atoms with Crippen LogP contribution >= 0.6 is 0 Å². The van der Waals surface area contributed by atoms with E-state index in [2.05, 4.69) is 24.0 Å². The SMILES string of the molecule is COc1ccc(CC2CC(N)CN(C(C)C3CC3)C2)cc1OC. The molecule has 3 atom stereocenters. The first kappa shape index (κ1) is 16.6. The second-order valence-corrected chi connectivity index (χ2v) is 7.29. The molecule has 0 radical (unpaired) electrons. The number of hydrogen-bond donors (Lipinski definition) is 1. The number of likely N-dealkylation sites (tertiary alicyclic amines) is 1. The van der Waals surface area contributed by atoms with Crippen LogP contribution in [0.3, 0.4) is 0 Å². The lowest BCUT2D eigenvalue weighted by atomic mass is 9.88. The molecule has 0 bridgehead atoms. The number of benzene rings is 1. The van der Waals surface area contributed by atoms with Crippen LogP contribution < -0.4 is 15.2 Å². The number of nitrogens with two attached hydrogens (primary N) is 1. The molecule has 2 N–H and O–H groups in total. The van der Waals surface area contributed by atoms with Crippen molar-refractivity contribution in [2.24, 2.45) is 17.6 Å². The molecule has 2 aliphatic rings. The van der Waals surface area contributed by atoms with Gasteiger partial charge in [0, 0.05) is 25.2 Å². The quantitative estimate of drug-likeness (QED) is 0.876. The highest BCUT2D eigenvalue weighted by Crippen LogP contribution is 2.37. The van der Waals surface area contributed by atoms with Crippen molar-refractivity contribution in [3.05, 3.63) is 23.8 Å². The molecule has 2 fully saturated rings. The lowest BCUT2D eigenvalue weighted by Gasteiger charge is -2.40. The summed E-state index contributed by atoms with van der Waals surface area (Å²) < 4.78 is 10.8. The van der Waals surface area contributed by atoms with E-state index >= 15 is 0 Å². The fourth-order valence-electron chi connectivity index (χ4n) is 3.98. The van der Waals surface area contributed by atoms with Gasteiger partial charge in [0.25, 0.3) is 0 Å². The van der Waals surface area contributed by atoms with Crippen LogP contribution in [0.4, 0.5) is 0 Å². The van der Waals surface area contributed by atoms with E-state index in [1.54, 1.807) is 14.2 Å². The monoisotopic (exact) mass is 318 g/mol. The van der Waals surface area contributed by atoms with Gasteiger partial charge in [-0.2, -0.15) is 0 Å². The molecule has 1 aliphatic heterocycles. The molecule has 1 aromatic rings. The maximum absolute atomic E-state index is 6.34. The molecular weight excluding hydrogens is 288 g/mol. The van der Waals surface area contributed by atoms with Crippen molar-refractivity contribution in [1.29, 1.82) is 0 Å². The minimum atomic E-state index is 0.301. The first-order valence-corrected chi connectivity index (χ1v) is 8.81. The van der Waals surface area contributed by atoms with Crippen LogP contribution in [-0.2, 0) is 6.42 Å². The summed E-state index contributed by atoms with van der Waals surface area (Å²) in [5.74, 6) is 3.13. The highest BCUT2D eigenvalue weighted by molar-refractivity contribution is 5.43. The van der Waals surface area contributed by atoms with E-state index in [-0.39, 0.29) is 0 Å². The smallest absolute Gasteiger partial charge is 0.160 e. The zero-order valence-corrected chi connectivity index (χ0v) is 14.6. The fourth-order valence-corrected chi connectivity index (χ4v) is 3.98. The standard InChI is InChI=1S/C19H30N2O2/c1-13(16-5-6-16)21-11-15(9-17(20)12-21)8-14-4-7-18(22-2)19(10-14)23-3/h4,7,10,13,15-17H,5-6,8-9,11-12,20H2,1-3H3. The molecule has 4 heteroatoms. The second-order valence-electron chi connectivity index (χ2n) is 7.29. The average Bonchev–Trinajstić information content (AvgIpc) is 3.38. The summed E-state index contributed by atoms with van der Waals surface area (Å²) in [5.41, 5.74) is 7.65. The third-order valence-electron chi connectivity index (χ3n) is 5.45. The normalized spacial score (nSPS) is 26.8. The Kier molecular flexibility index (Phi) is 5.12. The average molecular weight is 318 g/mol. The van der Waals surface area contributed by atoms with Crippen LogP contribution in [0.1, 0.15) is 31.7 Å². The van der Waals surface area contributed by atoms with Crippen molar-refractivity contribution >= 4 is 0 Å². The Bertz CT molecular complexity index is 530. The van der Waals surface area contributed by atoms with E-state index in [1.165, 1.54) is 24.9 Å². The summed E-state index contributed by atoms with van der Waals surface area (Å²) in [6.07, 6.45) is 4.96. The number of nitrogens with zero attached hydrogens (tertiary/aromatic N) is 1. The van der Waals surface area contributed by atoms with Crippen molar-refractivity contribution < 1.29 is 9.47 Å². The predicted molar refractivity (Wildman–Crippen MR) is 93.1 cm³/mol. The summed E-state index contributed by atoms with van der Waals surface area (Å²) in [6, 6.07) is 7.25. The maximum atomic E-state index is 6.34. The molecule has 1 heterocycles. The molecule has 3 unspecified atom stereocenters. The van der Waals surface area contributed by atoms with E-state index in [9.17, 15) is 0 Å². The van der Waals surface area contributed by atoms with E-state index in [0.717, 1.165) is 36.8 Å². The Morgan fingerprint density at radius 2 is 1.91 bits per heavy atom. The third kappa shape index (κ3) is 3.99. The Morgan fingerprint density at radius 1 is 1.17 bits per heavy atom. The number of rotatable bonds is 6. The summed E-state index contributed by atoms with van der Waals surface area (Å²) in [4.78, 5) is 2.62. The number of methoxy groups -OCH3 is 2. The second kappa shape index (κ2) is 7.10. The summed E-state index contributed by atoms with van der Waals surface area (Å²) in [5, 5.41) is 0. The van der Waals surface area contributed by atoms with E-state index in [4.69, 9.17) is 15.2 Å². The Balaban J connectivity index is 1.66. The van der Waals surface area contributed by atoms with Crippen molar-refractivity contribution in [3.8, 4) is 11.5 Å². The van der Waals surface area contributed by atoms with Crippen molar-refractivity contribution in [3.63, 3.8) is 0 Å². The number of piperidine rings is 1. The molecule has 1 aromatic carbocycles. The molecule has 1 saturated heterocycles. The Morgan fingerprint density at radius 3 is 2.57 bits per heavy atom. The van der Waals surface area contributed by atoms with Gasteiger partial charge in [0.1, 0.15) is 0 Å². The molecule has 1 saturated carbocycles. The van der Waals surface area contributed by atoms with Gasteiger partial charge in [0.05, 0.1) is 14.2 Å². The van der Waals surface area contributed by atoms with Gasteiger partial charge in [-0.1, -0.05) is 6.07 Å². The van der Waals surface area contributed by atoms with Crippen LogP contribution in [0, 0.1) is 11.8 Å². The molecule has 23 heavy (non-hydrogen) atoms. The van der Waals surface area contributed by atoms with Crippen LogP contribution in [0.5, 0.6) is 11.5 Å². The van der Waals surface area contributed by atoms with Gasteiger partial charge in [0.2, 0.25) is 0 Å². The first-order chi connectivity index (χ1) is 11.1. The van der Waals surface area contributed by atoms with Gasteiger partial charge in [-0.15, -0.1) is 0 Å². The zero-order chi connectivity index (χ0) is 16.4. The Hall–Kier alpha value is -1.26. The van der Waals surface area contributed by atoms with Crippen molar-refractivity contribution in [2.75, 3.05) is 27.3 Å². The molecule has 0 spiro atoms. The fraction of sp³-hybridized carbons (Fsp3) is 0.684. The van der Waals surface area contributed by atoms with Crippen LogP contribution in [0.25, 0.3) is 0 Å². The molecule has 128 valence electrons. The summed E-state index contributed by atoms with van der Waals surface area (Å²) >= 11 is 0. The summed E-state index contributed by atoms with van der Waals surface area (Å²) in [7, 11) is 3.37. The molecule has 0 amide bonds. The highest BCUT2D eigenvalue weighted by Gasteiger charge is 2.35. The minimum absolute atomic E-state index is 0.301. The summed E-state index contributed by atoms with van der Waals surface area (Å²) in [6.45, 7) is 4.60. The van der Waals surface area contributed by atoms with Crippen LogP contribution in [0.15, 0.2) is 18.2 Å². The van der Waals surface area contributed by atoms with E-state index in [0.29, 0.717) is 18.0 Å². The van der Waals surface area contributed by atoms with Crippen molar-refractivity contribution in [2.45, 2.75) is 44.7 Å². The molecule has 3 rings (SSSR count). The van der Waals surface area contributed by atoms with Crippen LogP contribution in [0.2, 0.25) is 0 Å². The topological polar surface area (TPSA) is 47.7 Å². The highest BCUT2D eigenvalue weighted by atomic mass is 16.5. The number of hydrogen-bond acceptors (Lipinski definition) is 4. The molecular formula is C19H30N2O2. The predicted octanol–water partition coefficient (Wildman–Crippen LogP) is 2.69. The van der Waals surface area contributed by atoms with E-state index in [1.807, 2.05) is 6.07 Å². The number of ether oxygens (including phenoxy) is 2. The lowest BCUT2D eigenvalue weighted by molar-refractivity contribution is 0.105. The molecule has 1 aliphatic carbocycles. The maximum Gasteiger partial charge on any atom is 0.160 e. The van der Waals surface area contributed by atoms with Crippen molar-refractivity contribution in [1.82, 2.24) is 4.90 Å². The van der Waals surface area contributed by atoms with Crippen LogP contribution in [-0.4, -0.2) is 44.3 Å². The van der Waals surface area contributed by atoms with Gasteiger partial charge in [-0.3, -0.25) is 4.90 Å². The molecule has 0 aromatic heterocycles. The van der Waals surface area contributed by atoms with Gasteiger partial charge in [0.15, 0.2) is 11.5 Å². The Labute approximate surface area is 139 Å². The molecule has 4 nitrogen and oxygen atoms in total. The first-order valence-electron chi connectivity index (χ1n) is 8.81. The van der Waals surface area contributed by atoms with Gasteiger partial charge in [-0.25, -0.2) is 0 Å². The van der Waals surface area contributed by atoms with Gasteiger partial charge in [-0.05, 0) is 62.1 Å². The third-order valence-corrected chi connectivity index (χ3v) is 5.45. The van der Waals surface area contributed by atoms with Gasteiger partial charge < -0.3 is 15.2 Å². The minimum Gasteiger partial charge on any atom is -0.493 e. The lowest BCUT2D eigenvalue weighted by Crippen LogP contribution is -2.51. The largest absolute Gasteiger partial charge is 0.493 e. The zero-order valence-electron chi connectivity index (χ0n) is 14.6. The van der Waals surface area contributed by atoms with E-state index < -0.39 is 0 Å².